The average molecular weight is 432 g/mol. The highest BCUT2D eigenvalue weighted by molar-refractivity contribution is 6.30. The van der Waals surface area contributed by atoms with Crippen LogP contribution in [0.3, 0.4) is 0 Å². The molecule has 0 atom stereocenters. The lowest BCUT2D eigenvalue weighted by molar-refractivity contribution is 0.446. The van der Waals surface area contributed by atoms with E-state index in [0.717, 1.165) is 61.9 Å². The van der Waals surface area contributed by atoms with E-state index < -0.39 is 0 Å². The Morgan fingerprint density at radius 3 is 2.90 bits per heavy atom. The third kappa shape index (κ3) is 4.15. The van der Waals surface area contributed by atoms with Crippen molar-refractivity contribution < 1.29 is 0 Å². The maximum Gasteiger partial charge on any atom is 0.105 e. The van der Waals surface area contributed by atoms with Crippen molar-refractivity contribution >= 4 is 22.7 Å². The Balaban J connectivity index is 1.54. The van der Waals surface area contributed by atoms with Crippen LogP contribution < -0.4 is 5.32 Å². The third-order valence-corrected chi connectivity index (χ3v) is 6.79. The lowest BCUT2D eigenvalue weighted by atomic mass is 9.81. The maximum absolute atomic E-state index is 6.50. The van der Waals surface area contributed by atoms with Crippen LogP contribution in [-0.2, 0) is 6.54 Å². The number of piperidine rings is 1. The lowest BCUT2D eigenvalue weighted by Gasteiger charge is -2.35. The molecule has 1 aliphatic carbocycles. The minimum absolute atomic E-state index is 0.510. The Bertz CT molecular complexity index is 1100. The summed E-state index contributed by atoms with van der Waals surface area (Å²) >= 11 is 6.50. The minimum Gasteiger partial charge on any atom is -0.663 e. The summed E-state index contributed by atoms with van der Waals surface area (Å²) in [4.78, 5) is 4.35. The molecule has 3 aliphatic rings. The van der Waals surface area contributed by atoms with Gasteiger partial charge in [-0.3, -0.25) is 0 Å². The largest absolute Gasteiger partial charge is 0.663 e. The lowest BCUT2D eigenvalue weighted by Crippen LogP contribution is -2.28. The van der Waals surface area contributed by atoms with Crippen LogP contribution >= 0.6 is 11.6 Å². The summed E-state index contributed by atoms with van der Waals surface area (Å²) in [6.45, 7) is 5.14. The summed E-state index contributed by atoms with van der Waals surface area (Å²) < 4.78 is 2.22. The molecule has 2 aliphatic heterocycles. The van der Waals surface area contributed by atoms with Gasteiger partial charge in [0, 0.05) is 24.0 Å². The fraction of sp³-hybridized carbons (Fsp3) is 0.346. The molecule has 0 unspecified atom stereocenters. The number of nitrogens with one attached hydrogen (secondary N) is 1. The zero-order valence-corrected chi connectivity index (χ0v) is 18.7. The quantitative estimate of drug-likeness (QED) is 0.607. The van der Waals surface area contributed by atoms with Crippen LogP contribution in [0.15, 0.2) is 66.3 Å². The van der Waals surface area contributed by atoms with Gasteiger partial charge in [0.2, 0.25) is 0 Å². The first-order valence-corrected chi connectivity index (χ1v) is 11.6. The van der Waals surface area contributed by atoms with Gasteiger partial charge in [0.25, 0.3) is 0 Å². The number of imidazole rings is 1. The summed E-state index contributed by atoms with van der Waals surface area (Å²) in [5.74, 6) is 1.57. The highest BCUT2D eigenvalue weighted by atomic mass is 35.5. The molecule has 2 aromatic rings. The SMILES string of the molecule is Cc1nccn1CCCC1=CC2=CC=C[N-]C2=C(C2CCNCC2)c2ccc(Cl)cc21. The molecule has 0 amide bonds. The Morgan fingerprint density at radius 2 is 2.10 bits per heavy atom. The van der Waals surface area contributed by atoms with Crippen LogP contribution in [0.25, 0.3) is 16.5 Å². The molecule has 0 bridgehead atoms. The van der Waals surface area contributed by atoms with E-state index in [9.17, 15) is 0 Å². The van der Waals surface area contributed by atoms with Crippen LogP contribution in [-0.4, -0.2) is 22.6 Å². The van der Waals surface area contributed by atoms with Crippen LogP contribution in [0.5, 0.6) is 0 Å². The second-order valence-electron chi connectivity index (χ2n) is 8.51. The van der Waals surface area contributed by atoms with Gasteiger partial charge in [-0.25, -0.2) is 4.98 Å². The van der Waals surface area contributed by atoms with Crippen LogP contribution in [0.4, 0.5) is 0 Å². The number of fused-ring (bicyclic) bond motifs is 2. The highest BCUT2D eigenvalue weighted by Gasteiger charge is 2.25. The predicted molar refractivity (Wildman–Crippen MR) is 129 cm³/mol. The fourth-order valence-electron chi connectivity index (χ4n) is 4.98. The van der Waals surface area contributed by atoms with Gasteiger partial charge in [-0.1, -0.05) is 41.5 Å². The van der Waals surface area contributed by atoms with E-state index in [1.165, 1.54) is 27.8 Å². The number of benzene rings is 1. The predicted octanol–water partition coefficient (Wildman–Crippen LogP) is 6.26. The minimum atomic E-state index is 0.510. The molecule has 5 rings (SSSR count). The van der Waals surface area contributed by atoms with Crippen molar-refractivity contribution in [2.24, 2.45) is 5.92 Å². The van der Waals surface area contributed by atoms with Crippen molar-refractivity contribution in [1.29, 1.82) is 0 Å². The Morgan fingerprint density at radius 1 is 1.23 bits per heavy atom. The van der Waals surface area contributed by atoms with E-state index in [0.29, 0.717) is 5.92 Å². The zero-order valence-electron chi connectivity index (χ0n) is 17.9. The first-order chi connectivity index (χ1) is 15.2. The molecule has 5 heteroatoms. The molecule has 31 heavy (non-hydrogen) atoms. The molecule has 1 fully saturated rings. The van der Waals surface area contributed by atoms with Gasteiger partial charge < -0.3 is 15.2 Å². The van der Waals surface area contributed by atoms with Crippen molar-refractivity contribution in [1.82, 2.24) is 14.9 Å². The van der Waals surface area contributed by atoms with Crippen molar-refractivity contribution in [3.63, 3.8) is 0 Å². The number of aromatic nitrogens is 2. The molecular formula is C26H28ClN4-. The monoisotopic (exact) mass is 431 g/mol. The molecule has 0 spiro atoms. The molecule has 160 valence electrons. The molecule has 1 saturated heterocycles. The summed E-state index contributed by atoms with van der Waals surface area (Å²) in [5, 5.41) is 9.17. The number of halogens is 1. The van der Waals surface area contributed by atoms with Gasteiger partial charge in [0.1, 0.15) is 5.82 Å². The van der Waals surface area contributed by atoms with Crippen molar-refractivity contribution in [3.8, 4) is 0 Å². The van der Waals surface area contributed by atoms with Gasteiger partial charge in [0.15, 0.2) is 0 Å². The summed E-state index contributed by atoms with van der Waals surface area (Å²) in [5.41, 5.74) is 7.66. The summed E-state index contributed by atoms with van der Waals surface area (Å²) in [6, 6.07) is 6.40. The zero-order chi connectivity index (χ0) is 21.2. The average Bonchev–Trinajstić information content (AvgIpc) is 3.14. The van der Waals surface area contributed by atoms with Crippen molar-refractivity contribution in [3.05, 3.63) is 93.6 Å². The third-order valence-electron chi connectivity index (χ3n) is 6.56. The Labute approximate surface area is 189 Å². The number of hydrogen-bond donors (Lipinski definition) is 1. The number of allylic oxidation sites excluding steroid dienone is 5. The number of nitrogens with zero attached hydrogens (tertiary/aromatic N) is 3. The van der Waals surface area contributed by atoms with Gasteiger partial charge in [-0.15, -0.1) is 5.70 Å². The fourth-order valence-corrected chi connectivity index (χ4v) is 5.15. The second-order valence-corrected chi connectivity index (χ2v) is 8.95. The molecule has 0 radical (unpaired) electrons. The topological polar surface area (TPSA) is 44.0 Å². The van der Waals surface area contributed by atoms with Crippen LogP contribution in [0, 0.1) is 12.8 Å². The first kappa shape index (κ1) is 20.3. The Kier molecular flexibility index (Phi) is 5.84. The second kappa shape index (κ2) is 8.89. The number of hydrogen-bond acceptors (Lipinski definition) is 2. The normalized spacial score (nSPS) is 18.6. The van der Waals surface area contributed by atoms with Crippen molar-refractivity contribution in [2.45, 2.75) is 39.2 Å². The molecule has 3 heterocycles. The van der Waals surface area contributed by atoms with E-state index in [-0.39, 0.29) is 0 Å². The van der Waals surface area contributed by atoms with Gasteiger partial charge in [-0.2, -0.15) is 6.20 Å². The summed E-state index contributed by atoms with van der Waals surface area (Å²) in [7, 11) is 0. The van der Waals surface area contributed by atoms with E-state index in [4.69, 9.17) is 16.9 Å². The molecule has 1 aromatic heterocycles. The highest BCUT2D eigenvalue weighted by Crippen LogP contribution is 2.46. The first-order valence-electron chi connectivity index (χ1n) is 11.2. The molecule has 1 N–H and O–H groups in total. The number of rotatable bonds is 5. The standard InChI is InChI=1S/C26H28ClN4/c1-18-29-13-15-31(18)14-3-5-20-16-21-4-2-10-30-26(21)25(19-8-11-28-12-9-19)23-7-6-22(27)17-24(20)23/h2,4,6-7,10,13,15-17,19,28H,3,5,8-9,11-12,14H2,1H3/q-1. The van der Waals surface area contributed by atoms with Crippen LogP contribution in [0.1, 0.15) is 42.6 Å². The van der Waals surface area contributed by atoms with Crippen LogP contribution in [0.2, 0.25) is 5.02 Å². The van der Waals surface area contributed by atoms with E-state index in [2.05, 4.69) is 52.3 Å². The Hall–Kier alpha value is -2.56. The van der Waals surface area contributed by atoms with E-state index in [1.54, 1.807) is 0 Å². The summed E-state index contributed by atoms with van der Waals surface area (Å²) in [6.07, 6.45) is 16.8. The molecule has 1 aromatic carbocycles. The number of aryl methyl sites for hydroxylation is 2. The maximum atomic E-state index is 6.50. The van der Waals surface area contributed by atoms with E-state index in [1.807, 2.05) is 24.5 Å². The van der Waals surface area contributed by atoms with Gasteiger partial charge in [0.05, 0.1) is 0 Å². The van der Waals surface area contributed by atoms with Gasteiger partial charge in [-0.05, 0) is 86.0 Å². The van der Waals surface area contributed by atoms with E-state index >= 15 is 0 Å². The molecule has 0 saturated carbocycles. The smallest absolute Gasteiger partial charge is 0.105 e. The molecule has 4 nitrogen and oxygen atoms in total. The van der Waals surface area contributed by atoms with Gasteiger partial charge >= 0.3 is 0 Å². The van der Waals surface area contributed by atoms with Crippen molar-refractivity contribution in [2.75, 3.05) is 13.1 Å². The molecular weight excluding hydrogens is 404 g/mol.